The molecule has 104 valence electrons. The highest BCUT2D eigenvalue weighted by Crippen LogP contribution is 2.43. The van der Waals surface area contributed by atoms with Crippen LogP contribution in [0.2, 0.25) is 0 Å². The molecule has 1 aromatic carbocycles. The first-order valence-electron chi connectivity index (χ1n) is 6.59. The average molecular weight is 335 g/mol. The quantitative estimate of drug-likeness (QED) is 0.935. The zero-order valence-electron chi connectivity index (χ0n) is 11.1. The predicted octanol–water partition coefficient (Wildman–Crippen LogP) is 3.45. The molecule has 0 unspecified atom stereocenters. The molecule has 0 radical (unpaired) electrons. The van der Waals surface area contributed by atoms with Gasteiger partial charge in [-0.2, -0.15) is 5.10 Å². The summed E-state index contributed by atoms with van der Waals surface area (Å²) in [6.45, 7) is 2.02. The van der Waals surface area contributed by atoms with Gasteiger partial charge >= 0.3 is 5.97 Å². The lowest BCUT2D eigenvalue weighted by Gasteiger charge is -2.35. The van der Waals surface area contributed by atoms with Crippen molar-refractivity contribution in [2.75, 3.05) is 0 Å². The Hall–Kier alpha value is -1.62. The van der Waals surface area contributed by atoms with Crippen LogP contribution in [-0.2, 0) is 10.2 Å². The van der Waals surface area contributed by atoms with Gasteiger partial charge in [-0.15, -0.1) is 0 Å². The van der Waals surface area contributed by atoms with Crippen LogP contribution in [0.3, 0.4) is 0 Å². The molecular formula is C15H15BrN2O2. The average Bonchev–Trinajstić information content (AvgIpc) is 2.80. The lowest BCUT2D eigenvalue weighted by molar-refractivity contribution is -0.147. The van der Waals surface area contributed by atoms with Crippen molar-refractivity contribution in [3.8, 4) is 5.69 Å². The second-order valence-corrected chi connectivity index (χ2v) is 6.17. The third kappa shape index (κ3) is 1.97. The monoisotopic (exact) mass is 334 g/mol. The molecule has 1 fully saturated rings. The van der Waals surface area contributed by atoms with Gasteiger partial charge in [0.05, 0.1) is 11.4 Å². The first kappa shape index (κ1) is 13.4. The first-order valence-corrected chi connectivity index (χ1v) is 7.38. The third-order valence-corrected chi connectivity index (χ3v) is 4.97. The molecular weight excluding hydrogens is 320 g/mol. The summed E-state index contributed by atoms with van der Waals surface area (Å²) in [5.41, 5.74) is 1.97. The molecule has 1 N–H and O–H groups in total. The van der Waals surface area contributed by atoms with E-state index in [9.17, 15) is 9.90 Å². The second kappa shape index (κ2) is 4.74. The number of hydrogen-bond acceptors (Lipinski definition) is 2. The fourth-order valence-corrected chi connectivity index (χ4v) is 2.92. The van der Waals surface area contributed by atoms with E-state index in [1.807, 2.05) is 37.4 Å². The van der Waals surface area contributed by atoms with E-state index >= 15 is 0 Å². The number of nitrogens with zero attached hydrogens (tertiary/aromatic N) is 2. The zero-order valence-corrected chi connectivity index (χ0v) is 12.7. The highest BCUT2D eigenvalue weighted by Gasteiger charge is 2.47. The number of aromatic nitrogens is 2. The van der Waals surface area contributed by atoms with E-state index in [4.69, 9.17) is 0 Å². The minimum Gasteiger partial charge on any atom is -0.481 e. The summed E-state index contributed by atoms with van der Waals surface area (Å²) in [6.07, 6.45) is 4.14. The Balaban J connectivity index is 1.98. The van der Waals surface area contributed by atoms with Crippen LogP contribution >= 0.6 is 15.9 Å². The fraction of sp³-hybridized carbons (Fsp3) is 0.333. The zero-order chi connectivity index (χ0) is 14.3. The van der Waals surface area contributed by atoms with Gasteiger partial charge in [-0.25, -0.2) is 4.68 Å². The molecule has 1 heterocycles. The van der Waals surface area contributed by atoms with Crippen molar-refractivity contribution in [3.63, 3.8) is 0 Å². The second-order valence-electron chi connectivity index (χ2n) is 5.32. The highest BCUT2D eigenvalue weighted by atomic mass is 79.9. The standard InChI is InChI=1S/C15H15BrN2O2/c1-10-3-4-11(9-12(10)16)18-8-5-13(17-18)15(14(19)20)6-2-7-15/h3-5,8-9H,2,6-7H2,1H3,(H,19,20). The topological polar surface area (TPSA) is 55.1 Å². The number of hydrogen-bond donors (Lipinski definition) is 1. The van der Waals surface area contributed by atoms with E-state index in [0.29, 0.717) is 18.5 Å². The van der Waals surface area contributed by atoms with Crippen molar-refractivity contribution in [3.05, 3.63) is 46.2 Å². The van der Waals surface area contributed by atoms with Crippen molar-refractivity contribution in [1.29, 1.82) is 0 Å². The Morgan fingerprint density at radius 2 is 2.15 bits per heavy atom. The Kier molecular flexibility index (Phi) is 3.17. The molecule has 1 aliphatic rings. The first-order chi connectivity index (χ1) is 9.53. The number of carboxylic acid groups (broad SMARTS) is 1. The molecule has 0 bridgehead atoms. The molecule has 3 rings (SSSR count). The van der Waals surface area contributed by atoms with E-state index in [2.05, 4.69) is 21.0 Å². The van der Waals surface area contributed by atoms with Crippen molar-refractivity contribution in [2.24, 2.45) is 0 Å². The van der Waals surface area contributed by atoms with Gasteiger partial charge in [0.15, 0.2) is 0 Å². The van der Waals surface area contributed by atoms with Gasteiger partial charge in [-0.1, -0.05) is 28.4 Å². The largest absolute Gasteiger partial charge is 0.481 e. The minimum absolute atomic E-state index is 0.660. The van der Waals surface area contributed by atoms with Crippen molar-refractivity contribution in [2.45, 2.75) is 31.6 Å². The van der Waals surface area contributed by atoms with Crippen molar-refractivity contribution < 1.29 is 9.90 Å². The van der Waals surface area contributed by atoms with Crippen LogP contribution in [0.4, 0.5) is 0 Å². The summed E-state index contributed by atoms with van der Waals surface area (Å²) >= 11 is 3.50. The maximum atomic E-state index is 11.5. The summed E-state index contributed by atoms with van der Waals surface area (Å²) in [4.78, 5) is 11.5. The molecule has 0 amide bonds. The Bertz CT molecular complexity index is 674. The van der Waals surface area contributed by atoms with Crippen LogP contribution in [0, 0.1) is 6.92 Å². The number of halogens is 1. The van der Waals surface area contributed by atoms with E-state index < -0.39 is 11.4 Å². The van der Waals surface area contributed by atoms with E-state index in [-0.39, 0.29) is 0 Å². The Labute approximate surface area is 125 Å². The van der Waals surface area contributed by atoms with Crippen LogP contribution in [0.15, 0.2) is 34.9 Å². The summed E-state index contributed by atoms with van der Waals surface area (Å²) in [7, 11) is 0. The molecule has 0 atom stereocenters. The lowest BCUT2D eigenvalue weighted by atomic mass is 9.67. The number of benzene rings is 1. The number of aryl methyl sites for hydroxylation is 1. The highest BCUT2D eigenvalue weighted by molar-refractivity contribution is 9.10. The van der Waals surface area contributed by atoms with E-state index in [1.54, 1.807) is 4.68 Å². The van der Waals surface area contributed by atoms with Gasteiger partial charge in [0.25, 0.3) is 0 Å². The fourth-order valence-electron chi connectivity index (χ4n) is 2.56. The van der Waals surface area contributed by atoms with Crippen LogP contribution in [-0.4, -0.2) is 20.9 Å². The molecule has 0 spiro atoms. The summed E-state index contributed by atoms with van der Waals surface area (Å²) in [6, 6.07) is 7.80. The van der Waals surface area contributed by atoms with Crippen molar-refractivity contribution >= 4 is 21.9 Å². The smallest absolute Gasteiger partial charge is 0.315 e. The molecule has 1 saturated carbocycles. The number of carbonyl (C=O) groups is 1. The molecule has 0 aliphatic heterocycles. The summed E-state index contributed by atoms with van der Waals surface area (Å²) in [5, 5.41) is 13.9. The number of rotatable bonds is 3. The SMILES string of the molecule is Cc1ccc(-n2ccc(C3(C(=O)O)CCC3)n2)cc1Br. The number of aliphatic carboxylic acids is 1. The molecule has 5 heteroatoms. The van der Waals surface area contributed by atoms with E-state index in [1.165, 1.54) is 0 Å². The van der Waals surface area contributed by atoms with Gasteiger partial charge in [-0.3, -0.25) is 4.79 Å². The van der Waals surface area contributed by atoms with Gasteiger partial charge in [-0.05, 0) is 43.5 Å². The minimum atomic E-state index is -0.771. The summed E-state index contributed by atoms with van der Waals surface area (Å²) in [5.74, 6) is -0.765. The van der Waals surface area contributed by atoms with E-state index in [0.717, 1.165) is 22.1 Å². The Morgan fingerprint density at radius 1 is 1.40 bits per heavy atom. The molecule has 2 aromatic rings. The van der Waals surface area contributed by atoms with Gasteiger partial charge in [0.1, 0.15) is 5.41 Å². The molecule has 1 aromatic heterocycles. The maximum absolute atomic E-state index is 11.5. The van der Waals surface area contributed by atoms with Gasteiger partial charge < -0.3 is 5.11 Å². The predicted molar refractivity (Wildman–Crippen MR) is 79.2 cm³/mol. The van der Waals surface area contributed by atoms with Crippen molar-refractivity contribution in [1.82, 2.24) is 9.78 Å². The van der Waals surface area contributed by atoms with Crippen LogP contribution in [0.5, 0.6) is 0 Å². The van der Waals surface area contributed by atoms with Gasteiger partial charge in [0, 0.05) is 10.7 Å². The van der Waals surface area contributed by atoms with Crippen LogP contribution in [0.25, 0.3) is 5.69 Å². The lowest BCUT2D eigenvalue weighted by Crippen LogP contribution is -2.42. The molecule has 20 heavy (non-hydrogen) atoms. The normalized spacial score (nSPS) is 16.7. The summed E-state index contributed by atoms with van der Waals surface area (Å²) < 4.78 is 2.76. The van der Waals surface area contributed by atoms with Gasteiger partial charge in [0.2, 0.25) is 0 Å². The molecule has 1 aliphatic carbocycles. The third-order valence-electron chi connectivity index (χ3n) is 4.12. The molecule has 4 nitrogen and oxygen atoms in total. The Morgan fingerprint density at radius 3 is 2.70 bits per heavy atom. The molecule has 0 saturated heterocycles. The van der Waals surface area contributed by atoms with Crippen LogP contribution in [0.1, 0.15) is 30.5 Å². The maximum Gasteiger partial charge on any atom is 0.315 e. The van der Waals surface area contributed by atoms with Crippen LogP contribution < -0.4 is 0 Å². The number of carboxylic acids is 1.